The molecule has 1 aromatic rings. The van der Waals surface area contributed by atoms with E-state index in [1.54, 1.807) is 18.2 Å². The van der Waals surface area contributed by atoms with Crippen LogP contribution in [-0.2, 0) is 4.79 Å². The third-order valence-electron chi connectivity index (χ3n) is 5.82. The van der Waals surface area contributed by atoms with Crippen molar-refractivity contribution in [3.8, 4) is 0 Å². The van der Waals surface area contributed by atoms with Crippen LogP contribution in [0.5, 0.6) is 0 Å². The average Bonchev–Trinajstić information content (AvgIpc) is 2.50. The maximum absolute atomic E-state index is 14.0. The Balaban J connectivity index is 2.03. The quantitative estimate of drug-likeness (QED) is 0.759. The van der Waals surface area contributed by atoms with E-state index in [2.05, 4.69) is 6.92 Å². The summed E-state index contributed by atoms with van der Waals surface area (Å²) in [6, 6.07) is 4.51. The number of benzene rings is 1. The number of fused-ring (bicyclic) bond motifs is 1. The van der Waals surface area contributed by atoms with E-state index in [1.165, 1.54) is 6.07 Å². The van der Waals surface area contributed by atoms with Gasteiger partial charge in [-0.15, -0.1) is 0 Å². The van der Waals surface area contributed by atoms with Crippen LogP contribution in [-0.4, -0.2) is 17.0 Å². The Hall–Kier alpha value is -1.19. The lowest BCUT2D eigenvalue weighted by atomic mass is 9.54. The van der Waals surface area contributed by atoms with Gasteiger partial charge in [-0.3, -0.25) is 4.79 Å². The molecule has 2 unspecified atom stereocenters. The van der Waals surface area contributed by atoms with Crippen LogP contribution in [0.25, 0.3) is 6.08 Å². The average molecular weight is 337 g/mol. The summed E-state index contributed by atoms with van der Waals surface area (Å²) < 4.78 is 14.0. The predicted octanol–water partition coefficient (Wildman–Crippen LogP) is 4.64. The molecule has 3 rings (SSSR count). The van der Waals surface area contributed by atoms with Crippen molar-refractivity contribution in [2.24, 2.45) is 17.3 Å². The molecular formula is C19H22ClFO2. The van der Waals surface area contributed by atoms with E-state index in [-0.39, 0.29) is 28.6 Å². The van der Waals surface area contributed by atoms with Crippen molar-refractivity contribution >= 4 is 23.5 Å². The van der Waals surface area contributed by atoms with Gasteiger partial charge < -0.3 is 5.11 Å². The van der Waals surface area contributed by atoms with Crippen LogP contribution in [0, 0.1) is 23.1 Å². The minimum absolute atomic E-state index is 0.0564. The molecule has 0 heterocycles. The van der Waals surface area contributed by atoms with Crippen molar-refractivity contribution in [1.29, 1.82) is 0 Å². The summed E-state index contributed by atoms with van der Waals surface area (Å²) in [4.78, 5) is 12.7. The van der Waals surface area contributed by atoms with Crippen LogP contribution < -0.4 is 0 Å². The molecular weight excluding hydrogens is 315 g/mol. The zero-order valence-electron chi connectivity index (χ0n) is 13.5. The first-order valence-corrected chi connectivity index (χ1v) is 8.59. The number of allylic oxidation sites excluding steroid dienone is 1. The fraction of sp³-hybridized carbons (Fsp3) is 0.526. The van der Waals surface area contributed by atoms with Crippen LogP contribution >= 0.6 is 11.6 Å². The smallest absolute Gasteiger partial charge is 0.161 e. The first-order valence-electron chi connectivity index (χ1n) is 8.21. The van der Waals surface area contributed by atoms with Gasteiger partial charge in [0.25, 0.3) is 0 Å². The summed E-state index contributed by atoms with van der Waals surface area (Å²) in [5.74, 6) is -0.338. The second-order valence-electron chi connectivity index (χ2n) is 7.19. The molecule has 4 atom stereocenters. The molecule has 4 heteroatoms. The number of aliphatic hydroxyl groups is 1. The van der Waals surface area contributed by atoms with Crippen molar-refractivity contribution in [2.45, 2.75) is 45.6 Å². The zero-order valence-corrected chi connectivity index (χ0v) is 14.2. The third kappa shape index (κ3) is 2.74. The summed E-state index contributed by atoms with van der Waals surface area (Å²) in [6.07, 6.45) is 4.33. The highest BCUT2D eigenvalue weighted by Gasteiger charge is 2.51. The minimum Gasteiger partial charge on any atom is -0.393 e. The standard InChI is InChI=1S/C19H22ClFO2/c1-11-14-5-3-8-17(22)19(14,2)10-12(18(11)23)9-13-15(20)6-4-7-16(13)21/h4,6-7,9,11,14,17,22H,3,5,8,10H2,1-2H3/t11?,14?,17-,19-/m0/s1. The van der Waals surface area contributed by atoms with E-state index in [9.17, 15) is 14.3 Å². The number of halogens is 2. The largest absolute Gasteiger partial charge is 0.393 e. The van der Waals surface area contributed by atoms with E-state index in [0.29, 0.717) is 17.0 Å². The fourth-order valence-electron chi connectivity index (χ4n) is 4.43. The Labute approximate surface area is 141 Å². The fourth-order valence-corrected chi connectivity index (χ4v) is 4.64. The van der Waals surface area contributed by atoms with Gasteiger partial charge in [0.15, 0.2) is 5.78 Å². The van der Waals surface area contributed by atoms with Gasteiger partial charge in [0.1, 0.15) is 5.82 Å². The van der Waals surface area contributed by atoms with E-state index < -0.39 is 11.9 Å². The Bertz CT molecular complexity index is 649. The van der Waals surface area contributed by atoms with E-state index in [0.717, 1.165) is 19.3 Å². The normalized spacial score (nSPS) is 36.1. The van der Waals surface area contributed by atoms with E-state index in [4.69, 9.17) is 11.6 Å². The number of rotatable bonds is 1. The molecule has 0 aliphatic heterocycles. The van der Waals surface area contributed by atoms with Crippen molar-refractivity contribution in [3.63, 3.8) is 0 Å². The van der Waals surface area contributed by atoms with Crippen LogP contribution in [0.2, 0.25) is 5.02 Å². The van der Waals surface area contributed by atoms with Gasteiger partial charge in [-0.1, -0.05) is 37.9 Å². The maximum Gasteiger partial charge on any atom is 0.161 e. The molecule has 0 amide bonds. The number of aliphatic hydroxyl groups excluding tert-OH is 1. The molecule has 1 N–H and O–H groups in total. The maximum atomic E-state index is 14.0. The van der Waals surface area contributed by atoms with Crippen LogP contribution in [0.1, 0.15) is 45.1 Å². The van der Waals surface area contributed by atoms with Gasteiger partial charge in [0.2, 0.25) is 0 Å². The first-order chi connectivity index (χ1) is 10.8. The van der Waals surface area contributed by atoms with Crippen LogP contribution in [0.3, 0.4) is 0 Å². The SMILES string of the molecule is CC1C(=O)C(=Cc2c(F)cccc2Cl)C[C@@]2(C)C1CCC[C@@H]2O. The van der Waals surface area contributed by atoms with Gasteiger partial charge in [-0.25, -0.2) is 4.39 Å². The van der Waals surface area contributed by atoms with Crippen molar-refractivity contribution in [2.75, 3.05) is 0 Å². The van der Waals surface area contributed by atoms with Gasteiger partial charge in [-0.2, -0.15) is 0 Å². The van der Waals surface area contributed by atoms with Gasteiger partial charge in [0, 0.05) is 16.9 Å². The van der Waals surface area contributed by atoms with Crippen molar-refractivity contribution in [1.82, 2.24) is 0 Å². The Morgan fingerprint density at radius 1 is 1.39 bits per heavy atom. The number of ketones is 1. The highest BCUT2D eigenvalue weighted by atomic mass is 35.5. The molecule has 2 aliphatic carbocycles. The van der Waals surface area contributed by atoms with Gasteiger partial charge in [-0.05, 0) is 49.0 Å². The van der Waals surface area contributed by atoms with Crippen LogP contribution in [0.15, 0.2) is 23.8 Å². The molecule has 1 aromatic carbocycles. The molecule has 23 heavy (non-hydrogen) atoms. The van der Waals surface area contributed by atoms with Gasteiger partial charge in [0.05, 0.1) is 11.1 Å². The topological polar surface area (TPSA) is 37.3 Å². The lowest BCUT2D eigenvalue weighted by Gasteiger charge is -2.51. The highest BCUT2D eigenvalue weighted by molar-refractivity contribution is 6.32. The summed E-state index contributed by atoms with van der Waals surface area (Å²) in [7, 11) is 0. The Kier molecular flexibility index (Phi) is 4.37. The van der Waals surface area contributed by atoms with Crippen molar-refractivity contribution < 1.29 is 14.3 Å². The summed E-state index contributed by atoms with van der Waals surface area (Å²) in [6.45, 7) is 3.99. The molecule has 0 bridgehead atoms. The molecule has 2 nitrogen and oxygen atoms in total. The molecule has 2 aliphatic rings. The number of hydrogen-bond donors (Lipinski definition) is 1. The number of hydrogen-bond acceptors (Lipinski definition) is 2. The molecule has 0 spiro atoms. The molecule has 0 aromatic heterocycles. The van der Waals surface area contributed by atoms with Gasteiger partial charge >= 0.3 is 0 Å². The van der Waals surface area contributed by atoms with Crippen molar-refractivity contribution in [3.05, 3.63) is 40.2 Å². The lowest BCUT2D eigenvalue weighted by molar-refractivity contribution is -0.133. The summed E-state index contributed by atoms with van der Waals surface area (Å²) in [5.41, 5.74) is 0.510. The first kappa shape index (κ1) is 16.7. The molecule has 2 saturated carbocycles. The molecule has 2 fully saturated rings. The van der Waals surface area contributed by atoms with E-state index in [1.807, 2.05) is 6.92 Å². The summed E-state index contributed by atoms with van der Waals surface area (Å²) in [5, 5.41) is 10.8. The molecule has 124 valence electrons. The molecule has 0 radical (unpaired) electrons. The molecule has 0 saturated heterocycles. The predicted molar refractivity (Wildman–Crippen MR) is 89.6 cm³/mol. The third-order valence-corrected chi connectivity index (χ3v) is 6.15. The Morgan fingerprint density at radius 2 is 2.13 bits per heavy atom. The second-order valence-corrected chi connectivity index (χ2v) is 7.60. The highest BCUT2D eigenvalue weighted by Crippen LogP contribution is 2.53. The number of carbonyl (C=O) groups is 1. The van der Waals surface area contributed by atoms with E-state index >= 15 is 0 Å². The number of Topliss-reactive ketones (excluding diaryl/α,β-unsaturated/α-hetero) is 1. The summed E-state index contributed by atoms with van der Waals surface area (Å²) >= 11 is 6.09. The minimum atomic E-state index is -0.429. The zero-order chi connectivity index (χ0) is 16.8. The second kappa shape index (κ2) is 6.03. The Morgan fingerprint density at radius 3 is 2.83 bits per heavy atom. The monoisotopic (exact) mass is 336 g/mol. The lowest BCUT2D eigenvalue weighted by Crippen LogP contribution is -2.51. The number of carbonyl (C=O) groups excluding carboxylic acids is 1. The van der Waals surface area contributed by atoms with Crippen LogP contribution in [0.4, 0.5) is 4.39 Å².